The first-order chi connectivity index (χ1) is 17.5. The van der Waals surface area contributed by atoms with Crippen molar-refractivity contribution < 1.29 is 29.1 Å². The van der Waals surface area contributed by atoms with Gasteiger partial charge in [0.25, 0.3) is 0 Å². The highest BCUT2D eigenvalue weighted by Gasteiger charge is 2.32. The maximum absolute atomic E-state index is 13.3. The second kappa shape index (κ2) is 13.7. The molecule has 13 heteroatoms. The van der Waals surface area contributed by atoms with Gasteiger partial charge in [-0.05, 0) is 11.5 Å². The Bertz CT molecular complexity index is 1070. The molecule has 4 unspecified atom stereocenters. The monoisotopic (exact) mass is 515 g/mol. The molecule has 0 bridgehead atoms. The van der Waals surface area contributed by atoms with Crippen molar-refractivity contribution in [1.82, 2.24) is 25.9 Å². The third kappa shape index (κ3) is 9.37. The molecule has 37 heavy (non-hydrogen) atoms. The van der Waals surface area contributed by atoms with Gasteiger partial charge in [0.2, 0.25) is 23.6 Å². The molecule has 0 saturated carbocycles. The van der Waals surface area contributed by atoms with Crippen molar-refractivity contribution in [2.45, 2.75) is 57.3 Å². The fourth-order valence-corrected chi connectivity index (χ4v) is 3.51. The van der Waals surface area contributed by atoms with Gasteiger partial charge in [0.1, 0.15) is 18.1 Å². The minimum atomic E-state index is -1.27. The van der Waals surface area contributed by atoms with E-state index in [9.17, 15) is 29.1 Å². The Balaban J connectivity index is 2.18. The zero-order valence-corrected chi connectivity index (χ0v) is 20.6. The molecule has 200 valence electrons. The highest BCUT2D eigenvalue weighted by Crippen LogP contribution is 2.08. The average molecular weight is 516 g/mol. The summed E-state index contributed by atoms with van der Waals surface area (Å²) in [7, 11) is 0. The van der Waals surface area contributed by atoms with Gasteiger partial charge in [0.15, 0.2) is 0 Å². The molecule has 0 saturated heterocycles. The molecule has 4 amide bonds. The van der Waals surface area contributed by atoms with E-state index < -0.39 is 66.1 Å². The van der Waals surface area contributed by atoms with Crippen LogP contribution in [0.1, 0.15) is 31.5 Å². The van der Waals surface area contributed by atoms with E-state index in [-0.39, 0.29) is 12.8 Å². The predicted octanol–water partition coefficient (Wildman–Crippen LogP) is -1.41. The first-order valence-corrected chi connectivity index (χ1v) is 11.7. The van der Waals surface area contributed by atoms with Crippen LogP contribution in [0.25, 0.3) is 0 Å². The number of nitrogens with zero attached hydrogens (tertiary/aromatic N) is 1. The van der Waals surface area contributed by atoms with Crippen LogP contribution in [0.2, 0.25) is 0 Å². The number of carboxylic acid groups (broad SMARTS) is 1. The molecule has 0 aliphatic rings. The van der Waals surface area contributed by atoms with Crippen LogP contribution in [0.15, 0.2) is 42.9 Å². The number of benzene rings is 1. The number of hydrogen-bond donors (Lipinski definition) is 7. The molecular weight excluding hydrogens is 482 g/mol. The summed E-state index contributed by atoms with van der Waals surface area (Å²) in [5, 5.41) is 17.1. The summed E-state index contributed by atoms with van der Waals surface area (Å²) in [5.41, 5.74) is 12.1. The Kier molecular flexibility index (Phi) is 10.8. The van der Waals surface area contributed by atoms with Gasteiger partial charge in [-0.1, -0.05) is 44.2 Å². The Hall–Kier alpha value is -4.26. The van der Waals surface area contributed by atoms with Crippen LogP contribution in [-0.2, 0) is 36.8 Å². The highest BCUT2D eigenvalue weighted by molar-refractivity contribution is 5.95. The van der Waals surface area contributed by atoms with Crippen LogP contribution >= 0.6 is 0 Å². The first kappa shape index (κ1) is 29.0. The first-order valence-electron chi connectivity index (χ1n) is 11.7. The molecule has 0 aliphatic carbocycles. The van der Waals surface area contributed by atoms with Gasteiger partial charge in [0.05, 0.1) is 18.8 Å². The number of primary amides is 1. The summed E-state index contributed by atoms with van der Waals surface area (Å²) in [4.78, 5) is 68.3. The van der Waals surface area contributed by atoms with Crippen molar-refractivity contribution in [3.63, 3.8) is 0 Å². The van der Waals surface area contributed by atoms with Crippen molar-refractivity contribution in [3.8, 4) is 0 Å². The molecule has 9 N–H and O–H groups in total. The lowest BCUT2D eigenvalue weighted by atomic mass is 10.00. The smallest absolute Gasteiger partial charge is 0.326 e. The van der Waals surface area contributed by atoms with Crippen molar-refractivity contribution in [1.29, 1.82) is 0 Å². The fraction of sp³-hybridized carbons (Fsp3) is 0.417. The topological polar surface area (TPSA) is 222 Å². The number of rotatable bonds is 14. The Morgan fingerprint density at radius 2 is 1.59 bits per heavy atom. The molecule has 0 fully saturated rings. The number of nitrogens with one attached hydrogen (secondary N) is 4. The number of H-pyrrole nitrogens is 1. The van der Waals surface area contributed by atoms with Crippen molar-refractivity contribution in [3.05, 3.63) is 54.1 Å². The van der Waals surface area contributed by atoms with E-state index in [0.717, 1.165) is 5.56 Å². The minimum absolute atomic E-state index is 0.0374. The molecule has 0 radical (unpaired) electrons. The quantitative estimate of drug-likeness (QED) is 0.158. The number of aromatic amines is 1. The second-order valence-corrected chi connectivity index (χ2v) is 8.94. The third-order valence-electron chi connectivity index (χ3n) is 5.51. The Labute approximate surface area is 213 Å². The van der Waals surface area contributed by atoms with Gasteiger partial charge in [-0.3, -0.25) is 19.2 Å². The molecular formula is C24H33N7O6. The largest absolute Gasteiger partial charge is 0.480 e. The fourth-order valence-electron chi connectivity index (χ4n) is 3.51. The van der Waals surface area contributed by atoms with Gasteiger partial charge < -0.3 is 37.5 Å². The molecule has 4 atom stereocenters. The van der Waals surface area contributed by atoms with Gasteiger partial charge >= 0.3 is 5.97 Å². The SMILES string of the molecule is CC(C)C(NC(=O)C(Cc1ccccc1)NC(=O)C(N)CC(N)=O)C(=O)NC(Cc1cnc[nH]1)C(=O)O. The lowest BCUT2D eigenvalue weighted by molar-refractivity contribution is -0.142. The standard InChI is InChI=1S/C24H33N7O6/c1-13(2)20(23(35)30-18(24(36)37)9-15-11-27-12-28-15)31-22(34)17(8-14-6-4-3-5-7-14)29-21(33)16(25)10-19(26)32/h3-7,11-13,16-18,20H,8-10,25H2,1-2H3,(H2,26,32)(H,27,28)(H,29,33)(H,30,35)(H,31,34)(H,36,37). The normalized spacial score (nSPS) is 14.2. The number of amides is 4. The number of imidazole rings is 1. The number of carbonyl (C=O) groups is 5. The van der Waals surface area contributed by atoms with Gasteiger partial charge in [-0.15, -0.1) is 0 Å². The van der Waals surface area contributed by atoms with E-state index in [0.29, 0.717) is 5.69 Å². The second-order valence-electron chi connectivity index (χ2n) is 8.94. The summed E-state index contributed by atoms with van der Waals surface area (Å²) >= 11 is 0. The number of hydrogen-bond acceptors (Lipinski definition) is 7. The van der Waals surface area contributed by atoms with Crippen LogP contribution in [0.3, 0.4) is 0 Å². The predicted molar refractivity (Wildman–Crippen MR) is 132 cm³/mol. The lowest BCUT2D eigenvalue weighted by Crippen LogP contribution is -2.59. The zero-order chi connectivity index (χ0) is 27.5. The molecule has 2 rings (SSSR count). The van der Waals surface area contributed by atoms with Crippen molar-refractivity contribution in [2.24, 2.45) is 17.4 Å². The molecule has 1 aromatic carbocycles. The summed E-state index contributed by atoms with van der Waals surface area (Å²) in [6.45, 7) is 3.37. The zero-order valence-electron chi connectivity index (χ0n) is 20.6. The van der Waals surface area contributed by atoms with E-state index in [1.165, 1.54) is 12.5 Å². The molecule has 2 aromatic rings. The lowest BCUT2D eigenvalue weighted by Gasteiger charge is -2.27. The van der Waals surface area contributed by atoms with E-state index in [4.69, 9.17) is 11.5 Å². The van der Waals surface area contributed by atoms with E-state index >= 15 is 0 Å². The summed E-state index contributed by atoms with van der Waals surface area (Å²) in [5.74, 6) is -4.59. The number of carboxylic acids is 1. The third-order valence-corrected chi connectivity index (χ3v) is 5.51. The number of nitrogens with two attached hydrogens (primary N) is 2. The van der Waals surface area contributed by atoms with Crippen LogP contribution in [0, 0.1) is 5.92 Å². The van der Waals surface area contributed by atoms with Crippen LogP contribution in [0.4, 0.5) is 0 Å². The molecule has 1 aromatic heterocycles. The average Bonchev–Trinajstić information content (AvgIpc) is 3.34. The number of aromatic nitrogens is 2. The molecule has 13 nitrogen and oxygen atoms in total. The number of aliphatic carboxylic acids is 1. The Morgan fingerprint density at radius 3 is 2.14 bits per heavy atom. The van der Waals surface area contributed by atoms with E-state index in [2.05, 4.69) is 25.9 Å². The van der Waals surface area contributed by atoms with E-state index in [1.807, 2.05) is 0 Å². The summed E-state index contributed by atoms with van der Waals surface area (Å²) < 4.78 is 0. The number of carbonyl (C=O) groups excluding carboxylic acids is 4. The van der Waals surface area contributed by atoms with Gasteiger partial charge in [-0.25, -0.2) is 9.78 Å². The summed E-state index contributed by atoms with van der Waals surface area (Å²) in [6.07, 6.45) is 2.47. The van der Waals surface area contributed by atoms with Gasteiger partial charge in [0, 0.05) is 24.7 Å². The maximum atomic E-state index is 13.3. The van der Waals surface area contributed by atoms with Crippen molar-refractivity contribution >= 4 is 29.6 Å². The minimum Gasteiger partial charge on any atom is -0.480 e. The van der Waals surface area contributed by atoms with Crippen LogP contribution in [-0.4, -0.2) is 68.8 Å². The Morgan fingerprint density at radius 1 is 0.946 bits per heavy atom. The van der Waals surface area contributed by atoms with Crippen LogP contribution in [0.5, 0.6) is 0 Å². The molecule has 0 aliphatic heterocycles. The van der Waals surface area contributed by atoms with Crippen molar-refractivity contribution in [2.75, 3.05) is 0 Å². The summed E-state index contributed by atoms with van der Waals surface area (Å²) in [6, 6.07) is 4.08. The molecule has 0 spiro atoms. The van der Waals surface area contributed by atoms with Gasteiger partial charge in [-0.2, -0.15) is 0 Å². The van der Waals surface area contributed by atoms with Crippen LogP contribution < -0.4 is 27.4 Å². The highest BCUT2D eigenvalue weighted by atomic mass is 16.4. The van der Waals surface area contributed by atoms with E-state index in [1.54, 1.807) is 44.2 Å². The maximum Gasteiger partial charge on any atom is 0.326 e. The molecule has 1 heterocycles.